The monoisotopic (exact) mass is 380 g/mol. The van der Waals surface area contributed by atoms with Crippen molar-refractivity contribution in [2.45, 2.75) is 13.5 Å². The summed E-state index contributed by atoms with van der Waals surface area (Å²) in [4.78, 5) is 27.7. The molecule has 2 N–H and O–H groups in total. The fraction of sp³-hybridized carbons (Fsp3) is 0.250. The lowest BCUT2D eigenvalue weighted by atomic mass is 10.1. The van der Waals surface area contributed by atoms with Gasteiger partial charge in [-0.05, 0) is 24.6 Å². The van der Waals surface area contributed by atoms with E-state index in [0.29, 0.717) is 30.3 Å². The Labute approximate surface area is 162 Å². The first kappa shape index (κ1) is 18.0. The first-order valence-corrected chi connectivity index (χ1v) is 8.87. The summed E-state index contributed by atoms with van der Waals surface area (Å²) in [5.74, 6) is 0.758. The molecule has 0 radical (unpaired) electrons. The fourth-order valence-electron chi connectivity index (χ4n) is 3.15. The van der Waals surface area contributed by atoms with Gasteiger partial charge in [-0.3, -0.25) is 9.78 Å². The van der Waals surface area contributed by atoms with Crippen LogP contribution < -0.4 is 10.2 Å². The second-order valence-corrected chi connectivity index (χ2v) is 6.59. The number of aliphatic hydroxyl groups is 1. The number of pyridine rings is 2. The number of aliphatic hydroxyl groups excluding tert-OH is 1. The fourth-order valence-corrected chi connectivity index (χ4v) is 3.15. The van der Waals surface area contributed by atoms with Crippen molar-refractivity contribution in [2.75, 3.05) is 19.8 Å². The summed E-state index contributed by atoms with van der Waals surface area (Å²) in [6.07, 6.45) is 3.27. The van der Waals surface area contributed by atoms with Gasteiger partial charge in [0.2, 0.25) is 5.88 Å². The van der Waals surface area contributed by atoms with E-state index in [1.165, 1.54) is 6.20 Å². The van der Waals surface area contributed by atoms with Gasteiger partial charge < -0.3 is 19.6 Å². The van der Waals surface area contributed by atoms with E-state index in [0.717, 1.165) is 28.1 Å². The van der Waals surface area contributed by atoms with Gasteiger partial charge in [0.05, 0.1) is 23.4 Å². The summed E-state index contributed by atoms with van der Waals surface area (Å²) in [7, 11) is 0. The Morgan fingerprint density at radius 3 is 2.96 bits per heavy atom. The number of rotatable bonds is 6. The van der Waals surface area contributed by atoms with Crippen LogP contribution in [0, 0.1) is 6.92 Å². The molecule has 0 aliphatic carbocycles. The molecule has 0 fully saturated rings. The van der Waals surface area contributed by atoms with Crippen molar-refractivity contribution in [2.24, 2.45) is 0 Å². The van der Waals surface area contributed by atoms with E-state index in [-0.39, 0.29) is 19.1 Å². The van der Waals surface area contributed by atoms with Crippen molar-refractivity contribution in [3.8, 4) is 5.88 Å². The van der Waals surface area contributed by atoms with E-state index in [4.69, 9.17) is 14.7 Å². The number of nitrogens with zero attached hydrogens (tertiary/aromatic N) is 3. The molecule has 28 heavy (non-hydrogen) atoms. The van der Waals surface area contributed by atoms with Crippen LogP contribution in [0.15, 0.2) is 48.5 Å². The van der Waals surface area contributed by atoms with Crippen molar-refractivity contribution < 1.29 is 19.5 Å². The zero-order valence-electron chi connectivity index (χ0n) is 15.4. The molecular weight excluding hydrogens is 360 g/mol. The van der Waals surface area contributed by atoms with Crippen molar-refractivity contribution in [3.05, 3.63) is 70.9 Å². The number of fused-ring (bicyclic) bond motifs is 1. The largest absolute Gasteiger partial charge is 0.473 e. The molecule has 1 amide bonds. The molecular formula is C20H20N4O4. The Kier molecular flexibility index (Phi) is 4.70. The molecule has 144 valence electrons. The lowest BCUT2D eigenvalue weighted by Crippen LogP contribution is -2.26. The van der Waals surface area contributed by atoms with Crippen LogP contribution in [0.1, 0.15) is 27.2 Å². The smallest absolute Gasteiger partial charge is 0.256 e. The van der Waals surface area contributed by atoms with E-state index < -0.39 is 0 Å². The van der Waals surface area contributed by atoms with E-state index >= 15 is 0 Å². The van der Waals surface area contributed by atoms with Crippen LogP contribution >= 0.6 is 0 Å². The molecule has 8 nitrogen and oxygen atoms in total. The highest BCUT2D eigenvalue weighted by atomic mass is 16.7. The number of carbonyl (C=O) groups is 1. The van der Waals surface area contributed by atoms with Gasteiger partial charge in [0, 0.05) is 42.8 Å². The Balaban J connectivity index is 1.52. The van der Waals surface area contributed by atoms with Crippen LogP contribution in [0.5, 0.6) is 5.88 Å². The van der Waals surface area contributed by atoms with Gasteiger partial charge >= 0.3 is 0 Å². The summed E-state index contributed by atoms with van der Waals surface area (Å²) in [5, 5.41) is 9.07. The van der Waals surface area contributed by atoms with Crippen LogP contribution in [0.4, 0.5) is 0 Å². The molecule has 2 aromatic rings. The van der Waals surface area contributed by atoms with E-state index in [9.17, 15) is 4.79 Å². The van der Waals surface area contributed by atoms with Gasteiger partial charge in [0.25, 0.3) is 5.91 Å². The number of hydroxylamine groups is 1. The van der Waals surface area contributed by atoms with E-state index in [2.05, 4.69) is 22.0 Å². The van der Waals surface area contributed by atoms with E-state index in [1.54, 1.807) is 17.2 Å². The summed E-state index contributed by atoms with van der Waals surface area (Å²) in [6.45, 7) is 6.69. The number of aromatic nitrogens is 2. The quantitative estimate of drug-likeness (QED) is 0.785. The minimum atomic E-state index is -0.123. The first-order valence-electron chi connectivity index (χ1n) is 8.87. The maximum atomic E-state index is 12.2. The molecule has 0 saturated heterocycles. The zero-order chi connectivity index (χ0) is 19.7. The van der Waals surface area contributed by atoms with Crippen LogP contribution in [-0.2, 0) is 11.4 Å². The summed E-state index contributed by atoms with van der Waals surface area (Å²) in [5.41, 5.74) is 7.55. The molecule has 0 bridgehead atoms. The van der Waals surface area contributed by atoms with Crippen LogP contribution in [0.2, 0.25) is 0 Å². The minimum Gasteiger partial charge on any atom is -0.473 e. The topological polar surface area (TPSA) is 96.8 Å². The number of hydrogen-bond acceptors (Lipinski definition) is 7. The van der Waals surface area contributed by atoms with Gasteiger partial charge in [-0.2, -0.15) is 0 Å². The number of amides is 1. The second-order valence-electron chi connectivity index (χ2n) is 6.59. The predicted octanol–water partition coefficient (Wildman–Crippen LogP) is 1.57. The number of carbonyl (C=O) groups excluding carboxylic acids is 1. The first-order chi connectivity index (χ1) is 13.6. The molecule has 2 aromatic heterocycles. The summed E-state index contributed by atoms with van der Waals surface area (Å²) >= 11 is 0. The highest BCUT2D eigenvalue weighted by molar-refractivity contribution is 5.98. The average Bonchev–Trinajstić information content (AvgIpc) is 3.21. The number of β-amino-alcohol motifs (C(OH)–C–C–N with tert-alkyl or cyclic N) is 1. The van der Waals surface area contributed by atoms with Gasteiger partial charge in [-0.25, -0.2) is 10.5 Å². The Bertz CT molecular complexity index is 969. The van der Waals surface area contributed by atoms with Crippen molar-refractivity contribution >= 4 is 11.6 Å². The molecule has 4 rings (SSSR count). The minimum absolute atomic E-state index is 0.0730. The Hall–Kier alpha value is -3.39. The van der Waals surface area contributed by atoms with Crippen LogP contribution in [0.3, 0.4) is 0 Å². The average molecular weight is 380 g/mol. The summed E-state index contributed by atoms with van der Waals surface area (Å²) in [6, 6.07) is 5.62. The molecule has 0 aromatic carbocycles. The third-order valence-electron chi connectivity index (χ3n) is 4.69. The lowest BCUT2D eigenvalue weighted by Gasteiger charge is -2.12. The normalized spacial score (nSPS) is 15.6. The van der Waals surface area contributed by atoms with Gasteiger partial charge in [-0.15, -0.1) is 0 Å². The molecule has 0 unspecified atom stereocenters. The predicted molar refractivity (Wildman–Crippen MR) is 101 cm³/mol. The maximum absolute atomic E-state index is 12.2. The standard InChI is InChI=1S/C20H20N4O4/c1-12-3-4-14(8-21-12)19-17(13(2)28-23-19)11-27-18-7-15-10-24(5-6-25)20(26)16(15)9-22-18/h3-4,7-9,23,25H,2,5-6,10-11H2,1H3. The van der Waals surface area contributed by atoms with Crippen LogP contribution in [-0.4, -0.2) is 45.6 Å². The lowest BCUT2D eigenvalue weighted by molar-refractivity contribution is 0.0745. The van der Waals surface area contributed by atoms with Crippen molar-refractivity contribution in [1.29, 1.82) is 0 Å². The molecule has 0 spiro atoms. The second kappa shape index (κ2) is 7.32. The molecule has 8 heteroatoms. The molecule has 0 saturated carbocycles. The molecule has 4 heterocycles. The number of aryl methyl sites for hydroxylation is 1. The Morgan fingerprint density at radius 2 is 2.21 bits per heavy atom. The number of nitrogens with one attached hydrogen (secondary N) is 1. The zero-order valence-corrected chi connectivity index (χ0v) is 15.4. The molecule has 2 aliphatic rings. The number of hydrogen-bond donors (Lipinski definition) is 2. The highest BCUT2D eigenvalue weighted by Gasteiger charge is 2.28. The van der Waals surface area contributed by atoms with Crippen LogP contribution in [0.25, 0.3) is 5.70 Å². The summed E-state index contributed by atoms with van der Waals surface area (Å²) < 4.78 is 5.84. The highest BCUT2D eigenvalue weighted by Crippen LogP contribution is 2.29. The number of ether oxygens (including phenoxy) is 1. The van der Waals surface area contributed by atoms with Gasteiger partial charge in [0.15, 0.2) is 5.76 Å². The Morgan fingerprint density at radius 1 is 1.36 bits per heavy atom. The van der Waals surface area contributed by atoms with Gasteiger partial charge in [-0.1, -0.05) is 6.58 Å². The third-order valence-corrected chi connectivity index (χ3v) is 4.69. The van der Waals surface area contributed by atoms with Crippen molar-refractivity contribution in [3.63, 3.8) is 0 Å². The third kappa shape index (κ3) is 3.29. The van der Waals surface area contributed by atoms with Crippen molar-refractivity contribution in [1.82, 2.24) is 20.3 Å². The van der Waals surface area contributed by atoms with E-state index in [1.807, 2.05) is 19.1 Å². The molecule has 2 aliphatic heterocycles. The van der Waals surface area contributed by atoms with Gasteiger partial charge in [0.1, 0.15) is 6.61 Å². The molecule has 0 atom stereocenters. The maximum Gasteiger partial charge on any atom is 0.256 e. The SMILES string of the molecule is C=C1ONC(c2ccc(C)nc2)=C1COc1cc2c(cn1)C(=O)N(CCO)C2.